The Morgan fingerprint density at radius 2 is 0.892 bits per heavy atom. The lowest BCUT2D eigenvalue weighted by atomic mass is 9.85. The van der Waals surface area contributed by atoms with E-state index in [-0.39, 0.29) is 12.8 Å². The minimum atomic E-state index is -5.15. The molecule has 0 saturated heterocycles. The number of phosphoric acid groups is 1. The monoisotopic (exact) mass is 935 g/mol. The van der Waals surface area contributed by atoms with Gasteiger partial charge in [0.05, 0.1) is 6.61 Å². The highest BCUT2D eigenvalue weighted by atomic mass is 31.2. The fourth-order valence-electron chi connectivity index (χ4n) is 6.56. The first kappa shape index (κ1) is 59.8. The van der Waals surface area contributed by atoms with E-state index in [0.717, 1.165) is 57.8 Å². The molecule has 0 spiro atoms. The zero-order chi connectivity index (χ0) is 47.8. The minimum absolute atomic E-state index is 0.0269. The van der Waals surface area contributed by atoms with Crippen molar-refractivity contribution in [1.29, 1.82) is 0 Å². The maximum atomic E-state index is 12.8. The summed E-state index contributed by atoms with van der Waals surface area (Å²) in [6, 6.07) is 0. The maximum absolute atomic E-state index is 12.8. The van der Waals surface area contributed by atoms with Gasteiger partial charge in [-0.3, -0.25) is 18.6 Å². The smallest absolute Gasteiger partial charge is 0.462 e. The second kappa shape index (κ2) is 39.9. The number of ether oxygens (including phenoxy) is 2. The number of aliphatic hydroxyl groups is 5. The predicted molar refractivity (Wildman–Crippen MR) is 258 cm³/mol. The van der Waals surface area contributed by atoms with Crippen LogP contribution in [-0.2, 0) is 32.7 Å². The van der Waals surface area contributed by atoms with Crippen LogP contribution < -0.4 is 0 Å². The number of aliphatic hydroxyl groups excluding tert-OH is 5. The summed E-state index contributed by atoms with van der Waals surface area (Å²) in [5, 5.41) is 50.2. The third-order valence-corrected chi connectivity index (χ3v) is 11.4. The zero-order valence-corrected chi connectivity index (χ0v) is 40.1. The van der Waals surface area contributed by atoms with Crippen molar-refractivity contribution in [1.82, 2.24) is 0 Å². The quantitative estimate of drug-likeness (QED) is 0.0148. The van der Waals surface area contributed by atoms with Crippen molar-refractivity contribution in [3.8, 4) is 0 Å². The van der Waals surface area contributed by atoms with Crippen LogP contribution in [0.5, 0.6) is 0 Å². The van der Waals surface area contributed by atoms with Crippen LogP contribution in [0.2, 0.25) is 0 Å². The average Bonchev–Trinajstić information content (AvgIpc) is 3.29. The molecule has 0 amide bonds. The molecule has 8 atom stereocenters. The number of allylic oxidation sites excluding steroid dienone is 16. The van der Waals surface area contributed by atoms with Crippen molar-refractivity contribution in [2.45, 2.75) is 198 Å². The molecule has 1 fully saturated rings. The molecule has 13 nitrogen and oxygen atoms in total. The van der Waals surface area contributed by atoms with E-state index in [1.807, 2.05) is 18.2 Å². The number of unbranched alkanes of at least 4 members (excludes halogenated alkanes) is 10. The van der Waals surface area contributed by atoms with E-state index in [0.29, 0.717) is 25.7 Å². The summed E-state index contributed by atoms with van der Waals surface area (Å²) in [6.45, 7) is 3.09. The molecular weight excluding hydrogens is 852 g/mol. The Morgan fingerprint density at radius 3 is 1.38 bits per heavy atom. The van der Waals surface area contributed by atoms with Crippen LogP contribution in [-0.4, -0.2) is 98.3 Å². The highest BCUT2D eigenvalue weighted by Gasteiger charge is 2.51. The number of hydrogen-bond donors (Lipinski definition) is 6. The number of phosphoric ester groups is 1. The van der Waals surface area contributed by atoms with E-state index < -0.39 is 75.7 Å². The largest absolute Gasteiger partial charge is 0.472 e. The van der Waals surface area contributed by atoms with E-state index in [2.05, 4.69) is 92.8 Å². The first-order chi connectivity index (χ1) is 31.4. The zero-order valence-electron chi connectivity index (χ0n) is 39.2. The SMILES string of the molecule is CC/C=C/C/C=C/C/C=C/C/C=C/CCCCC(=O)O[C@@H](COC(=O)CCC/C=C/C/C=C/C/C=C/C/C=C/CCCCCCCCC)COP(=O)(O)OC1C(O)C(O)C(O)[C@H](O)C1O. The molecule has 0 bridgehead atoms. The minimum Gasteiger partial charge on any atom is -0.462 e. The first-order valence-corrected chi connectivity index (χ1v) is 25.5. The van der Waals surface area contributed by atoms with Crippen LogP contribution in [0.1, 0.15) is 155 Å². The molecule has 0 aromatic carbocycles. The van der Waals surface area contributed by atoms with Gasteiger partial charge in [0.25, 0.3) is 0 Å². The normalized spacial score (nSPS) is 22.3. The Hall–Kier alpha value is -3.23. The number of esters is 2. The predicted octanol–water partition coefficient (Wildman–Crippen LogP) is 9.83. The molecule has 0 radical (unpaired) electrons. The van der Waals surface area contributed by atoms with Gasteiger partial charge in [0.15, 0.2) is 6.10 Å². The van der Waals surface area contributed by atoms with Crippen molar-refractivity contribution in [2.24, 2.45) is 0 Å². The topological polar surface area (TPSA) is 210 Å². The highest BCUT2D eigenvalue weighted by Crippen LogP contribution is 2.47. The van der Waals surface area contributed by atoms with E-state index in [4.69, 9.17) is 18.5 Å². The molecule has 0 aromatic rings. The van der Waals surface area contributed by atoms with Crippen molar-refractivity contribution in [3.63, 3.8) is 0 Å². The van der Waals surface area contributed by atoms with E-state index in [1.54, 1.807) is 0 Å². The molecule has 0 aliphatic heterocycles. The third kappa shape index (κ3) is 32.2. The lowest BCUT2D eigenvalue weighted by Gasteiger charge is -2.41. The van der Waals surface area contributed by atoms with Crippen LogP contribution in [0.3, 0.4) is 0 Å². The van der Waals surface area contributed by atoms with Gasteiger partial charge in [-0.1, -0.05) is 150 Å². The van der Waals surface area contributed by atoms with E-state index >= 15 is 0 Å². The Bertz CT molecular complexity index is 1500. The van der Waals surface area contributed by atoms with Gasteiger partial charge < -0.3 is 39.9 Å². The molecule has 1 rings (SSSR count). The van der Waals surface area contributed by atoms with Crippen LogP contribution in [0.25, 0.3) is 0 Å². The Kier molecular flexibility index (Phi) is 36.7. The Labute approximate surface area is 390 Å². The summed E-state index contributed by atoms with van der Waals surface area (Å²) in [5.74, 6) is -1.22. The third-order valence-electron chi connectivity index (χ3n) is 10.4. The van der Waals surface area contributed by atoms with Gasteiger partial charge in [0.2, 0.25) is 0 Å². The average molecular weight is 935 g/mol. The van der Waals surface area contributed by atoms with E-state index in [9.17, 15) is 44.6 Å². The molecule has 0 heterocycles. The fraction of sp³-hybridized carbons (Fsp3) is 0.647. The van der Waals surface area contributed by atoms with Crippen molar-refractivity contribution in [3.05, 3.63) is 97.2 Å². The van der Waals surface area contributed by atoms with Crippen molar-refractivity contribution < 1.29 is 63.1 Å². The number of hydrogen-bond acceptors (Lipinski definition) is 12. The maximum Gasteiger partial charge on any atom is 0.472 e. The molecular formula is C51H83O13P. The standard InChI is InChI=1S/C51H83O13P/c1-3-5-7-9-11-13-15-17-19-20-21-22-23-24-26-27-29-31-33-35-37-39-44(52)61-41-43(42-62-65(59,60)64-51-49(57)47(55)46(54)48(56)50(51)58)63-45(53)40-38-36-34-32-30-28-25-18-16-14-12-10-8-6-4-2/h6,8,12,14,18-20,22-23,25-27,30-33,43,46-51,54-58H,3-5,7,9-11,13,15-17,21,24,28-29,34-42H2,1-2H3,(H,59,60)/b8-6+,14-12+,20-19+,23-22+,25-18+,27-26+,32-30+,33-31+/t43-,46?,47-,48?,49?,50?,51?/m0/s1. The highest BCUT2D eigenvalue weighted by molar-refractivity contribution is 7.47. The van der Waals surface area contributed by atoms with Gasteiger partial charge >= 0.3 is 19.8 Å². The summed E-state index contributed by atoms with van der Waals surface area (Å²) in [5.41, 5.74) is 0. The van der Waals surface area contributed by atoms with Gasteiger partial charge in [0, 0.05) is 12.8 Å². The number of carbonyl (C=O) groups is 2. The Morgan fingerprint density at radius 1 is 0.492 bits per heavy atom. The molecule has 65 heavy (non-hydrogen) atoms. The lowest BCUT2D eigenvalue weighted by molar-refractivity contribution is -0.220. The van der Waals surface area contributed by atoms with Gasteiger partial charge in [-0.05, 0) is 89.9 Å². The second-order valence-electron chi connectivity index (χ2n) is 16.2. The van der Waals surface area contributed by atoms with Crippen LogP contribution >= 0.6 is 7.82 Å². The fourth-order valence-corrected chi connectivity index (χ4v) is 7.54. The van der Waals surface area contributed by atoms with Crippen molar-refractivity contribution >= 4 is 19.8 Å². The van der Waals surface area contributed by atoms with Crippen LogP contribution in [0, 0.1) is 0 Å². The second-order valence-corrected chi connectivity index (χ2v) is 17.6. The van der Waals surface area contributed by atoms with Gasteiger partial charge in [-0.15, -0.1) is 0 Å². The number of rotatable bonds is 38. The summed E-state index contributed by atoms with van der Waals surface area (Å²) >= 11 is 0. The van der Waals surface area contributed by atoms with Crippen LogP contribution in [0.15, 0.2) is 97.2 Å². The summed E-state index contributed by atoms with van der Waals surface area (Å²) in [4.78, 5) is 35.7. The lowest BCUT2D eigenvalue weighted by Crippen LogP contribution is -2.64. The molecule has 6 N–H and O–H groups in total. The Balaban J connectivity index is 2.51. The first-order valence-electron chi connectivity index (χ1n) is 24.0. The van der Waals surface area contributed by atoms with Gasteiger partial charge in [-0.25, -0.2) is 4.57 Å². The van der Waals surface area contributed by atoms with Gasteiger partial charge in [0.1, 0.15) is 43.2 Å². The van der Waals surface area contributed by atoms with Gasteiger partial charge in [-0.2, -0.15) is 0 Å². The molecule has 14 heteroatoms. The van der Waals surface area contributed by atoms with Crippen molar-refractivity contribution in [2.75, 3.05) is 13.2 Å². The molecule has 1 aliphatic rings. The summed E-state index contributed by atoms with van der Waals surface area (Å²) < 4.78 is 33.4. The summed E-state index contributed by atoms with van der Waals surface area (Å²) in [7, 11) is -5.15. The van der Waals surface area contributed by atoms with Crippen LogP contribution in [0.4, 0.5) is 0 Å². The molecule has 1 aliphatic carbocycles. The number of carbonyl (C=O) groups excluding carboxylic acids is 2. The summed E-state index contributed by atoms with van der Waals surface area (Å²) in [6.07, 6.45) is 40.5. The van der Waals surface area contributed by atoms with E-state index in [1.165, 1.54) is 44.9 Å². The molecule has 370 valence electrons. The molecule has 0 aromatic heterocycles. The molecule has 1 saturated carbocycles. The molecule has 6 unspecified atom stereocenters.